The molecule has 0 aliphatic carbocycles. The number of rotatable bonds is 3. The highest BCUT2D eigenvalue weighted by molar-refractivity contribution is 5.76. The third-order valence-corrected chi connectivity index (χ3v) is 2.97. The summed E-state index contributed by atoms with van der Waals surface area (Å²) >= 11 is 0. The van der Waals surface area contributed by atoms with Crippen LogP contribution in [-0.4, -0.2) is 42.0 Å². The summed E-state index contributed by atoms with van der Waals surface area (Å²) in [6.07, 6.45) is 8.31. The summed E-state index contributed by atoms with van der Waals surface area (Å²) in [6, 6.07) is 0. The highest BCUT2D eigenvalue weighted by atomic mass is 16.2. The Hall–Kier alpha value is -1.03. The van der Waals surface area contributed by atoms with Crippen molar-refractivity contribution >= 4 is 5.91 Å². The van der Waals surface area contributed by atoms with Crippen molar-refractivity contribution in [3.63, 3.8) is 0 Å². The molecule has 2 aliphatic heterocycles. The Morgan fingerprint density at radius 2 is 2.07 bits per heavy atom. The standard InChI is InChI=1S/C11H19N3O/c15-11(13-7-2-1-3-8-13)5-10-14-9-4-6-12-14/h4,9,12H,1-3,5-8,10H2. The first-order valence-electron chi connectivity index (χ1n) is 5.81. The minimum absolute atomic E-state index is 0.303. The minimum atomic E-state index is 0.303. The second-order valence-electron chi connectivity index (χ2n) is 4.13. The number of amides is 1. The van der Waals surface area contributed by atoms with Crippen LogP contribution in [0.4, 0.5) is 0 Å². The van der Waals surface area contributed by atoms with Gasteiger partial charge in [-0.1, -0.05) is 6.08 Å². The first-order chi connectivity index (χ1) is 7.36. The number of hydrogen-bond donors (Lipinski definition) is 1. The molecule has 0 atom stereocenters. The second-order valence-corrected chi connectivity index (χ2v) is 4.13. The topological polar surface area (TPSA) is 35.6 Å². The Kier molecular flexibility index (Phi) is 3.61. The molecule has 2 heterocycles. The SMILES string of the molecule is O=C(CCN1C=CCN1)N1CCCCC1. The molecule has 0 aromatic rings. The van der Waals surface area contributed by atoms with Crippen molar-refractivity contribution in [1.82, 2.24) is 15.3 Å². The van der Waals surface area contributed by atoms with Crippen molar-refractivity contribution in [2.45, 2.75) is 25.7 Å². The van der Waals surface area contributed by atoms with E-state index in [1.54, 1.807) is 0 Å². The zero-order chi connectivity index (χ0) is 10.5. The van der Waals surface area contributed by atoms with Crippen molar-refractivity contribution in [2.24, 2.45) is 0 Å². The lowest BCUT2D eigenvalue weighted by molar-refractivity contribution is -0.132. The predicted molar refractivity (Wildman–Crippen MR) is 58.9 cm³/mol. The van der Waals surface area contributed by atoms with Gasteiger partial charge < -0.3 is 9.91 Å². The fourth-order valence-electron chi connectivity index (χ4n) is 2.07. The van der Waals surface area contributed by atoms with Gasteiger partial charge in [-0.05, 0) is 19.3 Å². The number of hydrazine groups is 1. The number of piperidine rings is 1. The van der Waals surface area contributed by atoms with Gasteiger partial charge in [-0.25, -0.2) is 5.43 Å². The molecule has 4 nitrogen and oxygen atoms in total. The van der Waals surface area contributed by atoms with Crippen LogP contribution < -0.4 is 5.43 Å². The van der Waals surface area contributed by atoms with Crippen molar-refractivity contribution < 1.29 is 4.79 Å². The molecule has 15 heavy (non-hydrogen) atoms. The highest BCUT2D eigenvalue weighted by Crippen LogP contribution is 2.10. The van der Waals surface area contributed by atoms with E-state index in [1.165, 1.54) is 19.3 Å². The molecule has 0 bridgehead atoms. The lowest BCUT2D eigenvalue weighted by atomic mass is 10.1. The fourth-order valence-corrected chi connectivity index (χ4v) is 2.07. The molecule has 2 aliphatic rings. The molecule has 1 fully saturated rings. The smallest absolute Gasteiger partial charge is 0.224 e. The number of hydrogen-bond acceptors (Lipinski definition) is 3. The number of likely N-dealkylation sites (tertiary alicyclic amines) is 1. The lowest BCUT2D eigenvalue weighted by Gasteiger charge is -2.27. The van der Waals surface area contributed by atoms with Crippen molar-refractivity contribution in [2.75, 3.05) is 26.2 Å². The lowest BCUT2D eigenvalue weighted by Crippen LogP contribution is -2.38. The first kappa shape index (κ1) is 10.5. The molecule has 0 unspecified atom stereocenters. The van der Waals surface area contributed by atoms with E-state index < -0.39 is 0 Å². The minimum Gasteiger partial charge on any atom is -0.343 e. The van der Waals surface area contributed by atoms with Crippen LogP contribution in [0.1, 0.15) is 25.7 Å². The van der Waals surface area contributed by atoms with Gasteiger partial charge in [0.25, 0.3) is 0 Å². The number of carbonyl (C=O) groups excluding carboxylic acids is 1. The summed E-state index contributed by atoms with van der Waals surface area (Å²) in [5.41, 5.74) is 3.17. The van der Waals surface area contributed by atoms with Gasteiger partial charge in [-0.2, -0.15) is 0 Å². The van der Waals surface area contributed by atoms with E-state index in [9.17, 15) is 4.79 Å². The van der Waals surface area contributed by atoms with E-state index in [4.69, 9.17) is 0 Å². The number of nitrogens with one attached hydrogen (secondary N) is 1. The normalized spacial score (nSPS) is 21.1. The average molecular weight is 209 g/mol. The van der Waals surface area contributed by atoms with Gasteiger partial charge in [-0.3, -0.25) is 4.79 Å². The van der Waals surface area contributed by atoms with Crippen molar-refractivity contribution in [3.05, 3.63) is 12.3 Å². The first-order valence-corrected chi connectivity index (χ1v) is 5.81. The Morgan fingerprint density at radius 1 is 1.27 bits per heavy atom. The van der Waals surface area contributed by atoms with E-state index in [-0.39, 0.29) is 0 Å². The molecule has 1 saturated heterocycles. The molecule has 0 radical (unpaired) electrons. The Labute approximate surface area is 90.9 Å². The molecule has 0 aromatic carbocycles. The zero-order valence-electron chi connectivity index (χ0n) is 9.11. The molecular weight excluding hydrogens is 190 g/mol. The summed E-state index contributed by atoms with van der Waals surface area (Å²) in [6.45, 7) is 3.59. The van der Waals surface area contributed by atoms with Crippen LogP contribution in [0.15, 0.2) is 12.3 Å². The van der Waals surface area contributed by atoms with Crippen LogP contribution in [0.2, 0.25) is 0 Å². The van der Waals surface area contributed by atoms with Crippen LogP contribution in [0, 0.1) is 0 Å². The summed E-state index contributed by atoms with van der Waals surface area (Å²) in [4.78, 5) is 13.8. The monoisotopic (exact) mass is 209 g/mol. The largest absolute Gasteiger partial charge is 0.343 e. The molecule has 0 aromatic heterocycles. The molecule has 2 rings (SSSR count). The van der Waals surface area contributed by atoms with Gasteiger partial charge >= 0.3 is 0 Å². The van der Waals surface area contributed by atoms with Gasteiger partial charge in [0.15, 0.2) is 0 Å². The van der Waals surface area contributed by atoms with Crippen LogP contribution in [0.5, 0.6) is 0 Å². The van der Waals surface area contributed by atoms with Gasteiger partial charge in [-0.15, -0.1) is 0 Å². The fraction of sp³-hybridized carbons (Fsp3) is 0.727. The Balaban J connectivity index is 1.69. The van der Waals surface area contributed by atoms with Crippen molar-refractivity contribution in [1.29, 1.82) is 0 Å². The zero-order valence-corrected chi connectivity index (χ0v) is 9.11. The molecule has 4 heteroatoms. The van der Waals surface area contributed by atoms with E-state index >= 15 is 0 Å². The van der Waals surface area contributed by atoms with E-state index in [0.29, 0.717) is 12.3 Å². The van der Waals surface area contributed by atoms with Crippen LogP contribution in [-0.2, 0) is 4.79 Å². The maximum Gasteiger partial charge on any atom is 0.224 e. The van der Waals surface area contributed by atoms with Crippen LogP contribution in [0.3, 0.4) is 0 Å². The summed E-state index contributed by atoms with van der Waals surface area (Å²) in [5, 5.41) is 1.99. The van der Waals surface area contributed by atoms with Gasteiger partial charge in [0.05, 0.1) is 0 Å². The van der Waals surface area contributed by atoms with E-state index in [1.807, 2.05) is 16.1 Å². The summed E-state index contributed by atoms with van der Waals surface area (Å²) in [5.74, 6) is 0.303. The predicted octanol–water partition coefficient (Wildman–Crippen LogP) is 0.723. The Morgan fingerprint density at radius 3 is 2.73 bits per heavy atom. The number of nitrogens with zero attached hydrogens (tertiary/aromatic N) is 2. The van der Waals surface area contributed by atoms with Gasteiger partial charge in [0, 0.05) is 38.8 Å². The van der Waals surface area contributed by atoms with Gasteiger partial charge in [0.2, 0.25) is 5.91 Å². The molecule has 1 amide bonds. The second kappa shape index (κ2) is 5.16. The molecule has 0 spiro atoms. The summed E-state index contributed by atoms with van der Waals surface area (Å²) < 4.78 is 0. The van der Waals surface area contributed by atoms with Crippen LogP contribution in [0.25, 0.3) is 0 Å². The third kappa shape index (κ3) is 2.96. The van der Waals surface area contributed by atoms with E-state index in [2.05, 4.69) is 11.5 Å². The van der Waals surface area contributed by atoms with Gasteiger partial charge in [0.1, 0.15) is 0 Å². The maximum atomic E-state index is 11.8. The summed E-state index contributed by atoms with van der Waals surface area (Å²) in [7, 11) is 0. The molecule has 84 valence electrons. The van der Waals surface area contributed by atoms with E-state index in [0.717, 1.165) is 26.2 Å². The molecule has 0 saturated carbocycles. The van der Waals surface area contributed by atoms with Crippen LogP contribution >= 0.6 is 0 Å². The molecular formula is C11H19N3O. The average Bonchev–Trinajstić information content (AvgIpc) is 2.80. The number of carbonyl (C=O) groups is 1. The quantitative estimate of drug-likeness (QED) is 0.744. The Bertz CT molecular complexity index is 246. The molecule has 1 N–H and O–H groups in total. The van der Waals surface area contributed by atoms with Crippen molar-refractivity contribution in [3.8, 4) is 0 Å². The third-order valence-electron chi connectivity index (χ3n) is 2.97. The highest BCUT2D eigenvalue weighted by Gasteiger charge is 2.16. The maximum absolute atomic E-state index is 11.8.